The minimum Gasteiger partial charge on any atom is -0.379 e. The monoisotopic (exact) mass is 402 g/mol. The van der Waals surface area contributed by atoms with Gasteiger partial charge in [0.05, 0.1) is 29.9 Å². The highest BCUT2D eigenvalue weighted by Gasteiger charge is 2.23. The van der Waals surface area contributed by atoms with E-state index in [1.165, 1.54) is 11.8 Å². The highest BCUT2D eigenvalue weighted by molar-refractivity contribution is 7.99. The lowest BCUT2D eigenvalue weighted by atomic mass is 10.2. The summed E-state index contributed by atoms with van der Waals surface area (Å²) >= 11 is 1.35. The van der Waals surface area contributed by atoms with Crippen molar-refractivity contribution < 1.29 is 9.53 Å². The van der Waals surface area contributed by atoms with Crippen molar-refractivity contribution in [3.05, 3.63) is 34.6 Å². The van der Waals surface area contributed by atoms with Gasteiger partial charge in [0.15, 0.2) is 5.16 Å². The van der Waals surface area contributed by atoms with Crippen LogP contribution in [0.15, 0.2) is 34.2 Å². The maximum absolute atomic E-state index is 13.0. The molecule has 8 heteroatoms. The molecular weight excluding hydrogens is 376 g/mol. The first kappa shape index (κ1) is 19.4. The molecular formula is C20H26N4O3S. The van der Waals surface area contributed by atoms with Crippen molar-refractivity contribution >= 4 is 28.6 Å². The van der Waals surface area contributed by atoms with Crippen LogP contribution in [0.25, 0.3) is 10.9 Å². The Bertz CT molecular complexity index is 891. The SMILES string of the molecule is O=C(CSc1nc2ccccc2c(=O)n1CCCN1CCOCC1)NC1CC1. The predicted octanol–water partition coefficient (Wildman–Crippen LogP) is 1.49. The lowest BCUT2D eigenvalue weighted by molar-refractivity contribution is -0.118. The summed E-state index contributed by atoms with van der Waals surface area (Å²) < 4.78 is 7.12. The van der Waals surface area contributed by atoms with Gasteiger partial charge in [0.1, 0.15) is 0 Å². The van der Waals surface area contributed by atoms with E-state index >= 15 is 0 Å². The van der Waals surface area contributed by atoms with Gasteiger partial charge < -0.3 is 10.1 Å². The molecule has 2 aromatic rings. The largest absolute Gasteiger partial charge is 0.379 e. The van der Waals surface area contributed by atoms with E-state index in [9.17, 15) is 9.59 Å². The summed E-state index contributed by atoms with van der Waals surface area (Å²) in [5.74, 6) is 0.292. The predicted molar refractivity (Wildman–Crippen MR) is 110 cm³/mol. The molecule has 1 saturated carbocycles. The quantitative estimate of drug-likeness (QED) is 0.533. The molecule has 1 aliphatic carbocycles. The minimum absolute atomic E-state index is 0.00905. The van der Waals surface area contributed by atoms with Crippen molar-refractivity contribution in [3.8, 4) is 0 Å². The maximum Gasteiger partial charge on any atom is 0.262 e. The van der Waals surface area contributed by atoms with E-state index in [2.05, 4.69) is 15.2 Å². The number of carbonyl (C=O) groups is 1. The Balaban J connectivity index is 1.48. The van der Waals surface area contributed by atoms with Crippen molar-refractivity contribution in [2.75, 3.05) is 38.6 Å². The highest BCUT2D eigenvalue weighted by atomic mass is 32.2. The number of benzene rings is 1. The zero-order chi connectivity index (χ0) is 19.3. The third-order valence-electron chi connectivity index (χ3n) is 5.06. The molecule has 1 amide bonds. The third-order valence-corrected chi connectivity index (χ3v) is 6.04. The zero-order valence-corrected chi connectivity index (χ0v) is 16.7. The summed E-state index contributed by atoms with van der Waals surface area (Å²) in [5, 5.41) is 4.24. The number of ether oxygens (including phenoxy) is 1. The van der Waals surface area contributed by atoms with Gasteiger partial charge in [-0.1, -0.05) is 23.9 Å². The molecule has 4 rings (SSSR count). The fourth-order valence-corrected chi connectivity index (χ4v) is 4.20. The van der Waals surface area contributed by atoms with Gasteiger partial charge in [0, 0.05) is 32.2 Å². The van der Waals surface area contributed by atoms with Crippen LogP contribution in [0.5, 0.6) is 0 Å². The van der Waals surface area contributed by atoms with Crippen LogP contribution in [0.4, 0.5) is 0 Å². The van der Waals surface area contributed by atoms with Crippen molar-refractivity contribution in [1.29, 1.82) is 0 Å². The third kappa shape index (κ3) is 4.92. The number of carbonyl (C=O) groups excluding carboxylic acids is 1. The summed E-state index contributed by atoms with van der Waals surface area (Å²) in [6.45, 7) is 4.94. The fraction of sp³-hybridized carbons (Fsp3) is 0.550. The molecule has 0 atom stereocenters. The smallest absolute Gasteiger partial charge is 0.262 e. The number of fused-ring (bicyclic) bond motifs is 1. The van der Waals surface area contributed by atoms with E-state index in [4.69, 9.17) is 4.74 Å². The number of amides is 1. The van der Waals surface area contributed by atoms with Crippen LogP contribution in [-0.2, 0) is 16.1 Å². The summed E-state index contributed by atoms with van der Waals surface area (Å²) in [4.78, 5) is 32.2. The first-order valence-corrected chi connectivity index (χ1v) is 10.9. The molecule has 2 heterocycles. The molecule has 28 heavy (non-hydrogen) atoms. The lowest BCUT2D eigenvalue weighted by Crippen LogP contribution is -2.37. The maximum atomic E-state index is 13.0. The normalized spacial score (nSPS) is 17.7. The van der Waals surface area contributed by atoms with E-state index in [-0.39, 0.29) is 17.2 Å². The van der Waals surface area contributed by atoms with Crippen molar-refractivity contribution in [1.82, 2.24) is 19.8 Å². The second-order valence-electron chi connectivity index (χ2n) is 7.31. The molecule has 0 radical (unpaired) electrons. The van der Waals surface area contributed by atoms with Crippen LogP contribution < -0.4 is 10.9 Å². The van der Waals surface area contributed by atoms with Crippen molar-refractivity contribution in [2.45, 2.75) is 37.0 Å². The van der Waals surface area contributed by atoms with Gasteiger partial charge in [-0.15, -0.1) is 0 Å². The highest BCUT2D eigenvalue weighted by Crippen LogP contribution is 2.21. The second kappa shape index (κ2) is 9.07. The number of thioether (sulfide) groups is 1. The summed E-state index contributed by atoms with van der Waals surface area (Å²) in [6, 6.07) is 7.75. The van der Waals surface area contributed by atoms with E-state index in [0.717, 1.165) is 52.1 Å². The summed E-state index contributed by atoms with van der Waals surface area (Å²) in [5.41, 5.74) is 0.653. The number of hydrogen-bond acceptors (Lipinski definition) is 6. The van der Waals surface area contributed by atoms with Gasteiger partial charge in [-0.25, -0.2) is 4.98 Å². The lowest BCUT2D eigenvalue weighted by Gasteiger charge is -2.26. The average molecular weight is 403 g/mol. The zero-order valence-electron chi connectivity index (χ0n) is 15.9. The average Bonchev–Trinajstić information content (AvgIpc) is 3.53. The molecule has 1 aromatic heterocycles. The minimum atomic E-state index is -0.0299. The first-order valence-electron chi connectivity index (χ1n) is 9.92. The second-order valence-corrected chi connectivity index (χ2v) is 8.25. The van der Waals surface area contributed by atoms with Gasteiger partial charge in [-0.05, 0) is 31.4 Å². The number of nitrogens with zero attached hydrogens (tertiary/aromatic N) is 3. The van der Waals surface area contributed by atoms with Gasteiger partial charge in [0.25, 0.3) is 5.56 Å². The van der Waals surface area contributed by atoms with Crippen LogP contribution >= 0.6 is 11.8 Å². The van der Waals surface area contributed by atoms with E-state index in [1.807, 2.05) is 24.3 Å². The van der Waals surface area contributed by atoms with E-state index in [1.54, 1.807) is 4.57 Å². The Morgan fingerprint density at radius 2 is 2.00 bits per heavy atom. The van der Waals surface area contributed by atoms with Crippen molar-refractivity contribution in [2.24, 2.45) is 0 Å². The number of hydrogen-bond donors (Lipinski definition) is 1. The molecule has 2 aliphatic rings. The number of nitrogens with one attached hydrogen (secondary N) is 1. The Kier molecular flexibility index (Phi) is 6.29. The Labute approximate surface area is 168 Å². The Morgan fingerprint density at radius 3 is 2.79 bits per heavy atom. The number of aromatic nitrogens is 2. The van der Waals surface area contributed by atoms with Crippen molar-refractivity contribution in [3.63, 3.8) is 0 Å². The molecule has 0 bridgehead atoms. The summed E-state index contributed by atoms with van der Waals surface area (Å²) in [6.07, 6.45) is 3.00. The number of morpholine rings is 1. The Hall–Kier alpha value is -1.90. The molecule has 1 aromatic carbocycles. The molecule has 1 aliphatic heterocycles. The number of rotatable bonds is 8. The van der Waals surface area contributed by atoms with E-state index < -0.39 is 0 Å². The molecule has 7 nitrogen and oxygen atoms in total. The van der Waals surface area contributed by atoms with Gasteiger partial charge in [-0.3, -0.25) is 19.1 Å². The van der Waals surface area contributed by atoms with Gasteiger partial charge in [0.2, 0.25) is 5.91 Å². The molecule has 150 valence electrons. The molecule has 0 unspecified atom stereocenters. The first-order chi connectivity index (χ1) is 13.7. The molecule has 1 saturated heterocycles. The summed E-state index contributed by atoms with van der Waals surface area (Å²) in [7, 11) is 0. The van der Waals surface area contributed by atoms with E-state index in [0.29, 0.717) is 28.6 Å². The van der Waals surface area contributed by atoms with Gasteiger partial charge in [-0.2, -0.15) is 0 Å². The topological polar surface area (TPSA) is 76.5 Å². The standard InChI is InChI=1S/C20H26N4O3S/c25-18(21-15-6-7-15)14-28-20-22-17-5-2-1-4-16(17)19(26)24(20)9-3-8-23-10-12-27-13-11-23/h1-2,4-5,15H,3,6-14H2,(H,21,25). The van der Waals surface area contributed by atoms with Crippen LogP contribution in [-0.4, -0.2) is 65.0 Å². The molecule has 0 spiro atoms. The molecule has 2 fully saturated rings. The fourth-order valence-electron chi connectivity index (χ4n) is 3.36. The molecule has 1 N–H and O–H groups in total. The van der Waals surface area contributed by atoms with Gasteiger partial charge >= 0.3 is 0 Å². The van der Waals surface area contributed by atoms with Crippen LogP contribution in [0.2, 0.25) is 0 Å². The van der Waals surface area contributed by atoms with Crippen LogP contribution in [0.1, 0.15) is 19.3 Å². The van der Waals surface area contributed by atoms with Crippen LogP contribution in [0.3, 0.4) is 0 Å². The Morgan fingerprint density at radius 1 is 1.21 bits per heavy atom. The number of para-hydroxylation sites is 1. The van der Waals surface area contributed by atoms with Crippen LogP contribution in [0, 0.1) is 0 Å².